The van der Waals surface area contributed by atoms with E-state index in [0.717, 1.165) is 43.4 Å². The number of fused-ring (bicyclic) bond motifs is 1. The molecule has 0 spiro atoms. The van der Waals surface area contributed by atoms with Gasteiger partial charge in [0.15, 0.2) is 0 Å². The van der Waals surface area contributed by atoms with Gasteiger partial charge >= 0.3 is 12.1 Å². The molecule has 2 atom stereocenters. The van der Waals surface area contributed by atoms with E-state index in [1.165, 1.54) is 0 Å². The second-order valence-corrected chi connectivity index (χ2v) is 11.2. The zero-order chi connectivity index (χ0) is 29.9. The third kappa shape index (κ3) is 9.19. The zero-order valence-corrected chi connectivity index (χ0v) is 24.3. The van der Waals surface area contributed by atoms with Gasteiger partial charge < -0.3 is 30.1 Å². The zero-order valence-electron chi connectivity index (χ0n) is 23.6. The van der Waals surface area contributed by atoms with E-state index in [0.29, 0.717) is 36.8 Å². The number of carbonyl (C=O) groups excluding carboxylic acids is 3. The van der Waals surface area contributed by atoms with Gasteiger partial charge in [0.05, 0.1) is 13.2 Å². The Morgan fingerprint density at radius 3 is 2.57 bits per heavy atom. The van der Waals surface area contributed by atoms with Crippen molar-refractivity contribution < 1.29 is 33.8 Å². The topological polar surface area (TPSA) is 134 Å². The lowest BCUT2D eigenvalue weighted by atomic mass is 9.84. The van der Waals surface area contributed by atoms with Crippen LogP contribution in [0.3, 0.4) is 0 Å². The third-order valence-electron chi connectivity index (χ3n) is 7.72. The van der Waals surface area contributed by atoms with E-state index >= 15 is 0 Å². The molecule has 10 nitrogen and oxygen atoms in total. The first kappa shape index (κ1) is 31.3. The van der Waals surface area contributed by atoms with Gasteiger partial charge in [0, 0.05) is 29.2 Å². The molecule has 4 rings (SSSR count). The number of nitrogens with one attached hydrogen (secondary N) is 2. The van der Waals surface area contributed by atoms with Crippen LogP contribution in [-0.2, 0) is 37.1 Å². The Hall–Kier alpha value is -3.63. The van der Waals surface area contributed by atoms with Crippen molar-refractivity contribution in [2.75, 3.05) is 18.1 Å². The van der Waals surface area contributed by atoms with Crippen LogP contribution < -0.4 is 15.5 Å². The Bertz CT molecular complexity index is 1250. The van der Waals surface area contributed by atoms with Crippen LogP contribution >= 0.6 is 11.6 Å². The van der Waals surface area contributed by atoms with Gasteiger partial charge in [-0.1, -0.05) is 74.0 Å². The average molecular weight is 600 g/mol. The maximum absolute atomic E-state index is 13.4. The van der Waals surface area contributed by atoms with E-state index in [9.17, 15) is 24.3 Å². The molecule has 0 radical (unpaired) electrons. The summed E-state index contributed by atoms with van der Waals surface area (Å²) in [5, 5.41) is 15.6. The lowest BCUT2D eigenvalue weighted by Crippen LogP contribution is -2.52. The molecule has 1 heterocycles. The molecule has 226 valence electrons. The van der Waals surface area contributed by atoms with Crippen molar-refractivity contribution in [1.29, 1.82) is 0 Å². The molecule has 2 aromatic carbocycles. The summed E-state index contributed by atoms with van der Waals surface area (Å²) in [6.45, 7) is 1.07. The first-order valence-corrected chi connectivity index (χ1v) is 14.8. The molecule has 42 heavy (non-hydrogen) atoms. The lowest BCUT2D eigenvalue weighted by molar-refractivity contribution is -0.142. The van der Waals surface area contributed by atoms with E-state index in [1.807, 2.05) is 24.3 Å². The second kappa shape index (κ2) is 15.6. The summed E-state index contributed by atoms with van der Waals surface area (Å²) in [4.78, 5) is 52.9. The highest BCUT2D eigenvalue weighted by Gasteiger charge is 2.31. The molecule has 2 aromatic rings. The fourth-order valence-corrected chi connectivity index (χ4v) is 5.71. The van der Waals surface area contributed by atoms with Gasteiger partial charge in [-0.05, 0) is 42.5 Å². The molecule has 0 aromatic heterocycles. The highest BCUT2D eigenvalue weighted by Crippen LogP contribution is 2.28. The van der Waals surface area contributed by atoms with Gasteiger partial charge in [0.25, 0.3) is 0 Å². The minimum Gasteiger partial charge on any atom is -0.480 e. The Morgan fingerprint density at radius 1 is 1.02 bits per heavy atom. The van der Waals surface area contributed by atoms with Crippen molar-refractivity contribution >= 4 is 41.2 Å². The van der Waals surface area contributed by atoms with Crippen LogP contribution in [-0.4, -0.2) is 54.2 Å². The van der Waals surface area contributed by atoms with Crippen molar-refractivity contribution in [2.24, 2.45) is 5.92 Å². The highest BCUT2D eigenvalue weighted by molar-refractivity contribution is 6.30. The number of para-hydroxylation sites is 1. The van der Waals surface area contributed by atoms with Gasteiger partial charge in [-0.25, -0.2) is 9.59 Å². The van der Waals surface area contributed by atoms with Gasteiger partial charge in [0.1, 0.15) is 18.7 Å². The number of ether oxygens (including phenoxy) is 2. The van der Waals surface area contributed by atoms with Crippen molar-refractivity contribution in [1.82, 2.24) is 10.6 Å². The Kier molecular flexibility index (Phi) is 11.6. The molecular weight excluding hydrogens is 562 g/mol. The molecular formula is C31H38ClN3O7. The number of rotatable bonds is 11. The Morgan fingerprint density at radius 2 is 1.81 bits per heavy atom. The number of aliphatic carboxylic acids is 1. The Labute approximate surface area is 250 Å². The van der Waals surface area contributed by atoms with Crippen LogP contribution in [0.15, 0.2) is 48.5 Å². The number of alkyl carbamates (subject to hydrolysis) is 1. The number of hydrogen-bond donors (Lipinski definition) is 3. The van der Waals surface area contributed by atoms with Crippen molar-refractivity contribution in [3.05, 3.63) is 64.7 Å². The fraction of sp³-hybridized carbons (Fsp3) is 0.484. The van der Waals surface area contributed by atoms with E-state index in [2.05, 4.69) is 10.6 Å². The molecule has 0 bridgehead atoms. The third-order valence-corrected chi connectivity index (χ3v) is 7.96. The van der Waals surface area contributed by atoms with E-state index in [-0.39, 0.29) is 31.3 Å². The standard InChI is InChI=1S/C31H38ClN3O7/c32-24-11-6-9-22(17-24)19-42-31(40)34-26(18-21-7-2-1-3-8-21)29(37)33-25(30(38)39)13-14-28(36)35-15-16-41-20-23-10-4-5-12-27(23)35/h4-6,9-12,17,21,25-26H,1-3,7-8,13-16,18-20H2,(H,33,37)(H,34,40)(H,38,39). The van der Waals surface area contributed by atoms with Crippen LogP contribution in [0.5, 0.6) is 0 Å². The van der Waals surface area contributed by atoms with Crippen LogP contribution in [0.25, 0.3) is 0 Å². The molecule has 1 saturated carbocycles. The van der Waals surface area contributed by atoms with Gasteiger partial charge in [-0.2, -0.15) is 0 Å². The number of carboxylic acids is 1. The molecule has 1 aliphatic carbocycles. The summed E-state index contributed by atoms with van der Waals surface area (Å²) in [5.74, 6) is -1.91. The summed E-state index contributed by atoms with van der Waals surface area (Å²) in [6, 6.07) is 12.0. The second-order valence-electron chi connectivity index (χ2n) is 10.8. The largest absolute Gasteiger partial charge is 0.480 e. The number of benzene rings is 2. The molecule has 1 aliphatic heterocycles. The SMILES string of the molecule is O=C(NC(CC1CCCCC1)C(=O)NC(CCC(=O)N1CCOCc2ccccc21)C(=O)O)OCc1cccc(Cl)c1. The smallest absolute Gasteiger partial charge is 0.408 e. The van der Waals surface area contributed by atoms with E-state index in [4.69, 9.17) is 21.1 Å². The number of carboxylic acid groups (broad SMARTS) is 1. The van der Waals surface area contributed by atoms with Crippen LogP contribution in [0, 0.1) is 5.92 Å². The minimum atomic E-state index is -1.31. The monoisotopic (exact) mass is 599 g/mol. The number of halogens is 1. The molecule has 2 unspecified atom stereocenters. The Balaban J connectivity index is 1.37. The first-order chi connectivity index (χ1) is 20.3. The first-order valence-electron chi connectivity index (χ1n) is 14.5. The number of carbonyl (C=O) groups is 4. The number of nitrogens with zero attached hydrogens (tertiary/aromatic N) is 1. The molecule has 11 heteroatoms. The molecule has 2 aliphatic rings. The summed E-state index contributed by atoms with van der Waals surface area (Å²) in [7, 11) is 0. The van der Waals surface area contributed by atoms with Crippen molar-refractivity contribution in [2.45, 2.75) is 76.7 Å². The summed E-state index contributed by atoms with van der Waals surface area (Å²) >= 11 is 6.00. The molecule has 1 fully saturated rings. The summed E-state index contributed by atoms with van der Waals surface area (Å²) < 4.78 is 10.9. The number of anilines is 1. The molecule has 0 saturated heterocycles. The van der Waals surface area contributed by atoms with Crippen LogP contribution in [0.2, 0.25) is 5.02 Å². The van der Waals surface area contributed by atoms with Gasteiger partial charge in [0.2, 0.25) is 11.8 Å². The maximum Gasteiger partial charge on any atom is 0.408 e. The van der Waals surface area contributed by atoms with Gasteiger partial charge in [-0.3, -0.25) is 9.59 Å². The average Bonchev–Trinajstić information content (AvgIpc) is 3.21. The molecule has 3 amide bonds. The number of amides is 3. The normalized spacial score (nSPS) is 16.8. The highest BCUT2D eigenvalue weighted by atomic mass is 35.5. The van der Waals surface area contributed by atoms with E-state index < -0.39 is 30.1 Å². The molecule has 3 N–H and O–H groups in total. The van der Waals surface area contributed by atoms with Crippen LogP contribution in [0.1, 0.15) is 62.5 Å². The predicted octanol–water partition coefficient (Wildman–Crippen LogP) is 4.82. The predicted molar refractivity (Wildman–Crippen MR) is 157 cm³/mol. The lowest BCUT2D eigenvalue weighted by Gasteiger charge is -2.27. The minimum absolute atomic E-state index is 0.0330. The fourth-order valence-electron chi connectivity index (χ4n) is 5.49. The van der Waals surface area contributed by atoms with E-state index in [1.54, 1.807) is 29.2 Å². The summed E-state index contributed by atoms with van der Waals surface area (Å²) in [5.41, 5.74) is 2.31. The van der Waals surface area contributed by atoms with Gasteiger partial charge in [-0.15, -0.1) is 0 Å². The van der Waals surface area contributed by atoms with Crippen LogP contribution in [0.4, 0.5) is 10.5 Å². The van der Waals surface area contributed by atoms with Crippen molar-refractivity contribution in [3.8, 4) is 0 Å². The quantitative estimate of drug-likeness (QED) is 0.337. The summed E-state index contributed by atoms with van der Waals surface area (Å²) in [6.07, 6.45) is 4.48. The van der Waals surface area contributed by atoms with Crippen molar-refractivity contribution in [3.63, 3.8) is 0 Å². The number of hydrogen-bond acceptors (Lipinski definition) is 6. The maximum atomic E-state index is 13.4.